The number of benzene rings is 2. The number of amides is 3. The number of ether oxygens (including phenoxy) is 2. The fourth-order valence-electron chi connectivity index (χ4n) is 6.08. The average Bonchev–Trinajstić information content (AvgIpc) is 3.88. The van der Waals surface area contributed by atoms with E-state index >= 15 is 0 Å². The summed E-state index contributed by atoms with van der Waals surface area (Å²) in [4.78, 5) is 42.3. The van der Waals surface area contributed by atoms with Crippen molar-refractivity contribution in [2.75, 3.05) is 26.3 Å². The van der Waals surface area contributed by atoms with Crippen LogP contribution in [0.4, 0.5) is 8.78 Å². The van der Waals surface area contributed by atoms with Crippen molar-refractivity contribution in [2.24, 2.45) is 0 Å². The number of fused-ring (bicyclic) bond motifs is 3. The number of halogens is 2. The summed E-state index contributed by atoms with van der Waals surface area (Å²) < 4.78 is 41.5. The van der Waals surface area contributed by atoms with Crippen molar-refractivity contribution in [2.45, 2.75) is 37.1 Å². The first kappa shape index (κ1) is 29.1. The van der Waals surface area contributed by atoms with Crippen LogP contribution < -0.4 is 10.6 Å². The summed E-state index contributed by atoms with van der Waals surface area (Å²) >= 11 is 1.42. The molecule has 2 aliphatic heterocycles. The molecule has 4 aromatic rings. The predicted molar refractivity (Wildman–Crippen MR) is 156 cm³/mol. The monoisotopic (exact) mass is 635 g/mol. The number of tetrazole rings is 1. The number of thiophene rings is 1. The van der Waals surface area contributed by atoms with Gasteiger partial charge in [0.25, 0.3) is 11.8 Å². The highest BCUT2D eigenvalue weighted by molar-refractivity contribution is 7.10. The summed E-state index contributed by atoms with van der Waals surface area (Å²) in [7, 11) is 0. The van der Waals surface area contributed by atoms with E-state index in [-0.39, 0.29) is 41.3 Å². The van der Waals surface area contributed by atoms with E-state index in [1.165, 1.54) is 40.5 Å². The van der Waals surface area contributed by atoms with Gasteiger partial charge in [0.1, 0.15) is 6.04 Å². The minimum absolute atomic E-state index is 0.0138. The molecular formula is C30H27F2N7O5S. The maximum Gasteiger partial charge on any atom is 0.299 e. The normalized spacial score (nSPS) is 19.7. The highest BCUT2D eigenvalue weighted by Crippen LogP contribution is 2.51. The van der Waals surface area contributed by atoms with Gasteiger partial charge in [0, 0.05) is 38.9 Å². The van der Waals surface area contributed by atoms with Crippen LogP contribution in [-0.2, 0) is 25.0 Å². The van der Waals surface area contributed by atoms with Gasteiger partial charge < -0.3 is 25.0 Å². The molecule has 1 unspecified atom stereocenters. The number of hydrogen-bond acceptors (Lipinski definition) is 9. The van der Waals surface area contributed by atoms with Crippen molar-refractivity contribution in [1.29, 1.82) is 0 Å². The third kappa shape index (κ3) is 5.15. The van der Waals surface area contributed by atoms with E-state index in [1.54, 1.807) is 18.2 Å². The van der Waals surface area contributed by atoms with Gasteiger partial charge in [-0.25, -0.2) is 0 Å². The Morgan fingerprint density at radius 1 is 1.11 bits per heavy atom. The molecule has 232 valence electrons. The summed E-state index contributed by atoms with van der Waals surface area (Å²) in [5.74, 6) is -5.36. The van der Waals surface area contributed by atoms with Crippen LogP contribution in [0.15, 0.2) is 53.9 Å². The van der Waals surface area contributed by atoms with Crippen LogP contribution in [0.5, 0.6) is 0 Å². The molecule has 7 rings (SSSR count). The molecule has 2 aromatic carbocycles. The number of nitrogens with one attached hydrogen (secondary N) is 3. The van der Waals surface area contributed by atoms with E-state index in [1.807, 2.05) is 18.4 Å². The molecule has 15 heteroatoms. The summed E-state index contributed by atoms with van der Waals surface area (Å²) in [5.41, 5.74) is 1.23. The van der Waals surface area contributed by atoms with E-state index in [2.05, 4.69) is 31.3 Å². The molecule has 2 aromatic heterocycles. The Hall–Kier alpha value is -4.60. The number of alkyl halides is 2. The van der Waals surface area contributed by atoms with Gasteiger partial charge in [0.2, 0.25) is 17.6 Å². The smallest absolute Gasteiger partial charge is 0.299 e. The number of aromatic amines is 1. The molecule has 4 heterocycles. The SMILES string of the molecule is CC(NC(=O)[C@@H]1CC2(CN1C(=O)CNC(=O)c1ccc3c(c1)-c1ccccc1C3(F)F)OCCO2)c1cc(-c2nn[nH]n2)cs1. The number of carbonyl (C=O) groups excluding carboxylic acids is 3. The van der Waals surface area contributed by atoms with Gasteiger partial charge in [0.15, 0.2) is 5.79 Å². The predicted octanol–water partition coefficient (Wildman–Crippen LogP) is 3.00. The number of nitrogens with zero attached hydrogens (tertiary/aromatic N) is 4. The molecule has 2 atom stereocenters. The molecule has 45 heavy (non-hydrogen) atoms. The molecule has 12 nitrogen and oxygen atoms in total. The Balaban J connectivity index is 1.04. The van der Waals surface area contributed by atoms with Crippen LogP contribution in [0, 0.1) is 0 Å². The minimum Gasteiger partial charge on any atom is -0.347 e. The van der Waals surface area contributed by atoms with Crippen LogP contribution in [0.2, 0.25) is 0 Å². The topological polar surface area (TPSA) is 151 Å². The number of rotatable bonds is 7. The van der Waals surface area contributed by atoms with Crippen molar-refractivity contribution in [3.63, 3.8) is 0 Å². The van der Waals surface area contributed by atoms with Gasteiger partial charge in [-0.1, -0.05) is 30.3 Å². The fourth-order valence-corrected chi connectivity index (χ4v) is 6.98. The van der Waals surface area contributed by atoms with E-state index in [0.717, 1.165) is 10.4 Å². The lowest BCUT2D eigenvalue weighted by atomic mass is 10.0. The quantitative estimate of drug-likeness (QED) is 0.281. The number of likely N-dealkylation sites (tertiary alicyclic amines) is 1. The van der Waals surface area contributed by atoms with Crippen molar-refractivity contribution >= 4 is 29.1 Å². The van der Waals surface area contributed by atoms with E-state index < -0.39 is 42.0 Å². The zero-order valence-corrected chi connectivity index (χ0v) is 24.7. The summed E-state index contributed by atoms with van der Waals surface area (Å²) in [6.45, 7) is 2.08. The van der Waals surface area contributed by atoms with Gasteiger partial charge in [-0.3, -0.25) is 14.4 Å². The van der Waals surface area contributed by atoms with Crippen molar-refractivity contribution in [3.8, 4) is 22.5 Å². The molecule has 2 fully saturated rings. The number of hydrogen-bond donors (Lipinski definition) is 3. The number of carbonyl (C=O) groups is 3. The van der Waals surface area contributed by atoms with Crippen LogP contribution in [0.25, 0.3) is 22.5 Å². The molecule has 3 amide bonds. The zero-order valence-electron chi connectivity index (χ0n) is 23.9. The number of H-pyrrole nitrogens is 1. The molecular weight excluding hydrogens is 608 g/mol. The standard InChI is InChI=1S/C30H27F2N7O5S/c1-16(24-11-18(14-45-24)26-35-37-38-36-26)34-28(42)23-12-29(43-8-9-44-29)15-39(23)25(40)13-33-27(41)17-6-7-22-20(10-17)19-4-2-3-5-21(19)30(22,31)32/h2-7,10-11,14,16,23H,8-9,12-13,15H2,1H3,(H,33,41)(H,34,42)(H,35,36,37,38)/t16?,23-/m0/s1. The Morgan fingerprint density at radius 3 is 2.67 bits per heavy atom. The van der Waals surface area contributed by atoms with Crippen LogP contribution >= 0.6 is 11.3 Å². The highest BCUT2D eigenvalue weighted by Gasteiger charge is 2.52. The first-order chi connectivity index (χ1) is 21.6. The molecule has 2 saturated heterocycles. The molecule has 1 aliphatic carbocycles. The van der Waals surface area contributed by atoms with E-state index in [9.17, 15) is 23.2 Å². The van der Waals surface area contributed by atoms with Gasteiger partial charge in [-0.2, -0.15) is 14.0 Å². The third-order valence-corrected chi connectivity index (χ3v) is 9.43. The molecule has 0 bridgehead atoms. The first-order valence-electron chi connectivity index (χ1n) is 14.3. The van der Waals surface area contributed by atoms with E-state index in [4.69, 9.17) is 9.47 Å². The largest absolute Gasteiger partial charge is 0.347 e. The average molecular weight is 636 g/mol. The van der Waals surface area contributed by atoms with Crippen LogP contribution in [0.1, 0.15) is 45.7 Å². The molecule has 1 spiro atoms. The van der Waals surface area contributed by atoms with Crippen LogP contribution in [-0.4, -0.2) is 81.4 Å². The van der Waals surface area contributed by atoms with Crippen molar-refractivity contribution < 1.29 is 32.6 Å². The second kappa shape index (κ2) is 11.1. The van der Waals surface area contributed by atoms with E-state index in [0.29, 0.717) is 24.6 Å². The minimum atomic E-state index is -3.17. The second-order valence-corrected chi connectivity index (χ2v) is 12.1. The van der Waals surface area contributed by atoms with Crippen LogP contribution in [0.3, 0.4) is 0 Å². The highest BCUT2D eigenvalue weighted by atomic mass is 32.1. The molecule has 0 saturated carbocycles. The number of aromatic nitrogens is 4. The van der Waals surface area contributed by atoms with Gasteiger partial charge in [-0.15, -0.1) is 21.5 Å². The summed E-state index contributed by atoms with van der Waals surface area (Å²) in [6, 6.07) is 10.7. The first-order valence-corrected chi connectivity index (χ1v) is 15.1. The lowest BCUT2D eigenvalue weighted by molar-refractivity contribution is -0.152. The fraction of sp³-hybridized carbons (Fsp3) is 0.333. The lowest BCUT2D eigenvalue weighted by Gasteiger charge is -2.25. The summed E-state index contributed by atoms with van der Waals surface area (Å²) in [6.07, 6.45) is 0.127. The zero-order chi connectivity index (χ0) is 31.3. The third-order valence-electron chi connectivity index (χ3n) is 8.31. The second-order valence-electron chi connectivity index (χ2n) is 11.1. The molecule has 3 N–H and O–H groups in total. The Bertz CT molecular complexity index is 1790. The Kier molecular flexibility index (Phi) is 7.17. The maximum atomic E-state index is 14.9. The van der Waals surface area contributed by atoms with Gasteiger partial charge in [0.05, 0.1) is 32.3 Å². The Morgan fingerprint density at radius 2 is 1.89 bits per heavy atom. The maximum absolute atomic E-state index is 14.9. The lowest BCUT2D eigenvalue weighted by Crippen LogP contribution is -2.49. The van der Waals surface area contributed by atoms with Gasteiger partial charge >= 0.3 is 0 Å². The van der Waals surface area contributed by atoms with Gasteiger partial charge in [-0.05, 0) is 41.5 Å². The van der Waals surface area contributed by atoms with Crippen molar-refractivity contribution in [3.05, 3.63) is 75.5 Å². The Labute approximate surface area is 259 Å². The molecule has 3 aliphatic rings. The molecule has 0 radical (unpaired) electrons. The van der Waals surface area contributed by atoms with Crippen molar-refractivity contribution in [1.82, 2.24) is 36.2 Å². The summed E-state index contributed by atoms with van der Waals surface area (Å²) in [5, 5.41) is 21.3.